The zero-order chi connectivity index (χ0) is 21.5. The van der Waals surface area contributed by atoms with E-state index in [4.69, 9.17) is 9.47 Å². The van der Waals surface area contributed by atoms with Gasteiger partial charge in [-0.25, -0.2) is 0 Å². The molecule has 0 spiro atoms. The SMILES string of the molecule is COC12c3ccccc3C(c3ccccc31)C1(OC)c3ccccc3C2c2ccccc21. The summed E-state index contributed by atoms with van der Waals surface area (Å²) >= 11 is 0. The van der Waals surface area contributed by atoms with Crippen LogP contribution in [0.3, 0.4) is 0 Å². The Balaban J connectivity index is 1.79. The van der Waals surface area contributed by atoms with Gasteiger partial charge in [0.25, 0.3) is 0 Å². The van der Waals surface area contributed by atoms with Gasteiger partial charge in [-0.2, -0.15) is 0 Å². The van der Waals surface area contributed by atoms with Gasteiger partial charge in [0, 0.05) is 26.1 Å². The number of hydrogen-bond donors (Lipinski definition) is 0. The van der Waals surface area contributed by atoms with Crippen molar-refractivity contribution < 1.29 is 9.47 Å². The maximum absolute atomic E-state index is 6.72. The van der Waals surface area contributed by atoms with Crippen LogP contribution in [0, 0.1) is 0 Å². The zero-order valence-corrected chi connectivity index (χ0v) is 18.2. The quantitative estimate of drug-likeness (QED) is 0.395. The first-order valence-corrected chi connectivity index (χ1v) is 11.3. The zero-order valence-electron chi connectivity index (χ0n) is 18.2. The summed E-state index contributed by atoms with van der Waals surface area (Å²) in [5, 5.41) is 0. The third-order valence-corrected chi connectivity index (χ3v) is 8.14. The minimum absolute atomic E-state index is 0.0201. The van der Waals surface area contributed by atoms with E-state index < -0.39 is 11.2 Å². The lowest BCUT2D eigenvalue weighted by molar-refractivity contribution is -0.0385. The average Bonchev–Trinajstić information content (AvgIpc) is 2.85. The lowest BCUT2D eigenvalue weighted by atomic mass is 9.49. The maximum atomic E-state index is 6.72. The molecule has 4 aromatic rings. The number of hydrogen-bond acceptors (Lipinski definition) is 2. The van der Waals surface area contributed by atoms with E-state index in [1.807, 2.05) is 14.2 Å². The van der Waals surface area contributed by atoms with Crippen LogP contribution in [0.25, 0.3) is 0 Å². The lowest BCUT2D eigenvalue weighted by Crippen LogP contribution is -2.54. The van der Waals surface area contributed by atoms with Crippen LogP contribution in [0.4, 0.5) is 0 Å². The van der Waals surface area contributed by atoms with Crippen molar-refractivity contribution in [2.75, 3.05) is 14.2 Å². The van der Waals surface area contributed by atoms with Crippen LogP contribution in [0.15, 0.2) is 97.1 Å². The largest absolute Gasteiger partial charge is 0.368 e. The molecular weight excluding hydrogens is 392 g/mol. The molecule has 0 N–H and O–H groups in total. The third-order valence-electron chi connectivity index (χ3n) is 8.14. The molecule has 10 rings (SSSR count). The van der Waals surface area contributed by atoms with Gasteiger partial charge in [-0.3, -0.25) is 0 Å². The third kappa shape index (κ3) is 1.83. The number of rotatable bonds is 2. The topological polar surface area (TPSA) is 18.5 Å². The van der Waals surface area contributed by atoms with E-state index in [2.05, 4.69) is 97.1 Å². The van der Waals surface area contributed by atoms with Crippen LogP contribution in [-0.4, -0.2) is 14.2 Å². The van der Waals surface area contributed by atoms with Crippen LogP contribution in [0.1, 0.15) is 56.3 Å². The van der Waals surface area contributed by atoms with Gasteiger partial charge >= 0.3 is 0 Å². The van der Waals surface area contributed by atoms with Gasteiger partial charge in [0.05, 0.1) is 0 Å². The van der Waals surface area contributed by atoms with Crippen molar-refractivity contribution >= 4 is 0 Å². The highest BCUT2D eigenvalue weighted by Crippen LogP contribution is 2.68. The fourth-order valence-electron chi connectivity index (χ4n) is 7.15. The molecule has 32 heavy (non-hydrogen) atoms. The molecular formula is C30H24O2. The molecule has 6 aliphatic rings. The Morgan fingerprint density at radius 3 is 0.938 bits per heavy atom. The van der Waals surface area contributed by atoms with E-state index in [0.29, 0.717) is 0 Å². The van der Waals surface area contributed by atoms with Gasteiger partial charge in [0.2, 0.25) is 0 Å². The highest BCUT2D eigenvalue weighted by Gasteiger charge is 2.63. The molecule has 2 heteroatoms. The number of ether oxygens (including phenoxy) is 2. The van der Waals surface area contributed by atoms with Crippen molar-refractivity contribution in [3.8, 4) is 0 Å². The predicted octanol–water partition coefficient (Wildman–Crippen LogP) is 6.07. The van der Waals surface area contributed by atoms with Crippen molar-refractivity contribution in [2.45, 2.75) is 23.0 Å². The van der Waals surface area contributed by atoms with E-state index in [0.717, 1.165) is 0 Å². The van der Waals surface area contributed by atoms with Gasteiger partial charge in [-0.05, 0) is 44.5 Å². The molecule has 0 saturated heterocycles. The van der Waals surface area contributed by atoms with E-state index in [1.165, 1.54) is 44.5 Å². The first-order valence-electron chi connectivity index (χ1n) is 11.3. The summed E-state index contributed by atoms with van der Waals surface area (Å²) in [6.45, 7) is 0. The monoisotopic (exact) mass is 416 g/mol. The second-order valence-electron chi connectivity index (χ2n) is 9.09. The molecule has 0 radical (unpaired) electrons. The highest BCUT2D eigenvalue weighted by molar-refractivity contribution is 5.70. The van der Waals surface area contributed by atoms with Crippen LogP contribution in [0.5, 0.6) is 0 Å². The van der Waals surface area contributed by atoms with Crippen molar-refractivity contribution in [3.05, 3.63) is 142 Å². The predicted molar refractivity (Wildman–Crippen MR) is 125 cm³/mol. The Hall–Kier alpha value is -3.20. The lowest BCUT2D eigenvalue weighted by Gasteiger charge is -2.59. The molecule has 6 aliphatic carbocycles. The molecule has 0 atom stereocenters. The molecule has 0 amide bonds. The molecule has 0 aromatic heterocycles. The molecule has 0 saturated carbocycles. The van der Waals surface area contributed by atoms with Gasteiger partial charge in [-0.15, -0.1) is 0 Å². The Morgan fingerprint density at radius 1 is 0.438 bits per heavy atom. The average molecular weight is 417 g/mol. The normalized spacial score (nSPS) is 28.2. The van der Waals surface area contributed by atoms with Crippen molar-refractivity contribution in [3.63, 3.8) is 0 Å². The standard InChI is InChI=1S/C30H24O2/c1-31-29-23-15-7-3-11-19(23)28(20-12-4-8-16-24(20)29)30(32-2)25-17-9-5-13-21(25)27(29)22-14-6-10-18-26(22)30/h3-18,27-28H,1-2H3. The van der Waals surface area contributed by atoms with Crippen LogP contribution < -0.4 is 0 Å². The van der Waals surface area contributed by atoms with Gasteiger partial charge in [0.1, 0.15) is 11.2 Å². The van der Waals surface area contributed by atoms with Crippen LogP contribution in [0.2, 0.25) is 0 Å². The summed E-state index contributed by atoms with van der Waals surface area (Å²) in [5.74, 6) is 0.0402. The summed E-state index contributed by atoms with van der Waals surface area (Å²) in [7, 11) is 3.75. The minimum Gasteiger partial charge on any atom is -0.368 e. The molecule has 0 heterocycles. The van der Waals surface area contributed by atoms with E-state index in [-0.39, 0.29) is 11.8 Å². The summed E-state index contributed by atoms with van der Waals surface area (Å²) < 4.78 is 13.4. The summed E-state index contributed by atoms with van der Waals surface area (Å²) in [5.41, 5.74) is 8.96. The second-order valence-corrected chi connectivity index (χ2v) is 9.09. The van der Waals surface area contributed by atoms with Crippen molar-refractivity contribution in [1.29, 1.82) is 0 Å². The minimum atomic E-state index is -0.615. The van der Waals surface area contributed by atoms with E-state index in [9.17, 15) is 0 Å². The van der Waals surface area contributed by atoms with E-state index >= 15 is 0 Å². The molecule has 156 valence electrons. The Bertz CT molecular complexity index is 1180. The van der Waals surface area contributed by atoms with Crippen molar-refractivity contribution in [2.24, 2.45) is 0 Å². The molecule has 0 fully saturated rings. The molecule has 4 aromatic carbocycles. The summed E-state index contributed by atoms with van der Waals surface area (Å²) in [6, 6.07) is 35.3. The maximum Gasteiger partial charge on any atom is 0.129 e. The molecule has 4 bridgehead atoms. The van der Waals surface area contributed by atoms with E-state index in [1.54, 1.807) is 0 Å². The first kappa shape index (κ1) is 18.4. The van der Waals surface area contributed by atoms with Gasteiger partial charge < -0.3 is 9.47 Å². The summed E-state index contributed by atoms with van der Waals surface area (Å²) in [6.07, 6.45) is 0. The second kappa shape index (κ2) is 6.19. The van der Waals surface area contributed by atoms with Gasteiger partial charge in [0.15, 0.2) is 0 Å². The summed E-state index contributed by atoms with van der Waals surface area (Å²) in [4.78, 5) is 0. The number of methoxy groups -OCH3 is 2. The Labute approximate surface area is 188 Å². The van der Waals surface area contributed by atoms with Crippen LogP contribution in [-0.2, 0) is 20.7 Å². The fourth-order valence-corrected chi connectivity index (χ4v) is 7.15. The molecule has 2 nitrogen and oxygen atoms in total. The number of benzene rings is 4. The highest BCUT2D eigenvalue weighted by atomic mass is 16.5. The molecule has 0 unspecified atom stereocenters. The Kier molecular flexibility index (Phi) is 3.55. The first-order chi connectivity index (χ1) is 15.8. The van der Waals surface area contributed by atoms with Crippen LogP contribution >= 0.6 is 0 Å². The smallest absolute Gasteiger partial charge is 0.129 e. The Morgan fingerprint density at radius 2 is 0.688 bits per heavy atom. The fraction of sp³-hybridized carbons (Fsp3) is 0.200. The van der Waals surface area contributed by atoms with Crippen molar-refractivity contribution in [1.82, 2.24) is 0 Å². The molecule has 0 aliphatic heterocycles. The van der Waals surface area contributed by atoms with Gasteiger partial charge in [-0.1, -0.05) is 97.1 Å².